The molecule has 0 heterocycles. The molecule has 5 heteroatoms. The van der Waals surface area contributed by atoms with Crippen LogP contribution in [0.3, 0.4) is 0 Å². The molecule has 0 spiro atoms. The zero-order chi connectivity index (χ0) is 13.4. The number of fused-ring (bicyclic) bond motifs is 1. The lowest BCUT2D eigenvalue weighted by atomic mass is 9.74. The lowest BCUT2D eigenvalue weighted by molar-refractivity contribution is 0.0954. The van der Waals surface area contributed by atoms with Gasteiger partial charge < -0.3 is 0 Å². The predicted molar refractivity (Wildman–Crippen MR) is 76.7 cm³/mol. The van der Waals surface area contributed by atoms with Gasteiger partial charge in [0, 0.05) is 16.7 Å². The van der Waals surface area contributed by atoms with Crippen LogP contribution in [0.25, 0.3) is 0 Å². The molecule has 1 aromatic carbocycles. The van der Waals surface area contributed by atoms with E-state index in [0.717, 1.165) is 18.6 Å². The van der Waals surface area contributed by atoms with Gasteiger partial charge >= 0.3 is 0 Å². The first-order chi connectivity index (χ1) is 9.15. The maximum absolute atomic E-state index is 12.0. The quantitative estimate of drug-likeness (QED) is 0.656. The van der Waals surface area contributed by atoms with Crippen LogP contribution in [-0.4, -0.2) is 11.6 Å². The molecule has 1 aromatic rings. The summed E-state index contributed by atoms with van der Waals surface area (Å²) in [5.74, 6) is 0.773. The van der Waals surface area contributed by atoms with Gasteiger partial charge in [-0.1, -0.05) is 35.4 Å². The second-order valence-electron chi connectivity index (χ2n) is 4.81. The topological polar surface area (TPSA) is 41.5 Å². The van der Waals surface area contributed by atoms with E-state index >= 15 is 0 Å². The van der Waals surface area contributed by atoms with Gasteiger partial charge in [0.1, 0.15) is 0 Å². The monoisotopic (exact) mass is 294 g/mol. The normalized spacial score (nSPS) is 26.1. The summed E-state index contributed by atoms with van der Waals surface area (Å²) in [7, 11) is 0. The van der Waals surface area contributed by atoms with Crippen molar-refractivity contribution in [1.82, 2.24) is 5.43 Å². The van der Waals surface area contributed by atoms with E-state index in [2.05, 4.69) is 22.7 Å². The second kappa shape index (κ2) is 4.99. The number of allylic oxidation sites excluding steroid dienone is 2. The van der Waals surface area contributed by atoms with Crippen molar-refractivity contribution in [2.45, 2.75) is 12.8 Å². The van der Waals surface area contributed by atoms with Crippen LogP contribution < -0.4 is 5.43 Å². The lowest BCUT2D eigenvalue weighted by Crippen LogP contribution is -2.35. The maximum atomic E-state index is 12.0. The molecule has 0 radical (unpaired) electrons. The number of nitrogens with one attached hydrogen (secondary N) is 1. The van der Waals surface area contributed by atoms with E-state index in [1.165, 1.54) is 0 Å². The predicted octanol–water partition coefficient (Wildman–Crippen LogP) is 3.68. The molecule has 1 fully saturated rings. The van der Waals surface area contributed by atoms with Crippen LogP contribution in [-0.2, 0) is 0 Å². The molecule has 98 valence electrons. The van der Waals surface area contributed by atoms with Crippen LogP contribution in [0.5, 0.6) is 0 Å². The van der Waals surface area contributed by atoms with Crippen LogP contribution in [0.1, 0.15) is 23.2 Å². The Morgan fingerprint density at radius 2 is 2.21 bits per heavy atom. The number of hydrazone groups is 1. The van der Waals surface area contributed by atoms with Crippen molar-refractivity contribution in [2.75, 3.05) is 0 Å². The van der Waals surface area contributed by atoms with Crippen molar-refractivity contribution >= 4 is 34.8 Å². The minimum absolute atomic E-state index is 0.325. The molecular formula is C14H12Cl2N2O. The van der Waals surface area contributed by atoms with Gasteiger partial charge in [-0.05, 0) is 37.0 Å². The van der Waals surface area contributed by atoms with Crippen LogP contribution in [0, 0.1) is 11.8 Å². The summed E-state index contributed by atoms with van der Waals surface area (Å²) in [6.45, 7) is 0. The van der Waals surface area contributed by atoms with E-state index in [1.807, 2.05) is 0 Å². The Morgan fingerprint density at radius 1 is 1.37 bits per heavy atom. The third-order valence-electron chi connectivity index (χ3n) is 3.64. The van der Waals surface area contributed by atoms with E-state index in [4.69, 9.17) is 23.2 Å². The van der Waals surface area contributed by atoms with Gasteiger partial charge in [-0.25, -0.2) is 5.43 Å². The Labute approximate surface area is 121 Å². The first kappa shape index (κ1) is 12.7. The van der Waals surface area contributed by atoms with Gasteiger partial charge in [0.15, 0.2) is 0 Å². The summed E-state index contributed by atoms with van der Waals surface area (Å²) in [5.41, 5.74) is 3.96. The highest BCUT2D eigenvalue weighted by molar-refractivity contribution is 6.35. The number of carbonyl (C=O) groups excluding carboxylic acids is 1. The van der Waals surface area contributed by atoms with E-state index in [1.54, 1.807) is 18.2 Å². The van der Waals surface area contributed by atoms with E-state index in [0.29, 0.717) is 27.4 Å². The maximum Gasteiger partial charge on any atom is 0.272 e. The Kier molecular flexibility index (Phi) is 3.33. The molecule has 3 nitrogen and oxygen atoms in total. The molecule has 19 heavy (non-hydrogen) atoms. The largest absolute Gasteiger partial charge is 0.272 e. The van der Waals surface area contributed by atoms with Crippen molar-refractivity contribution in [3.05, 3.63) is 46.0 Å². The molecule has 0 aromatic heterocycles. The van der Waals surface area contributed by atoms with Crippen molar-refractivity contribution in [3.8, 4) is 0 Å². The minimum Gasteiger partial charge on any atom is -0.267 e. The van der Waals surface area contributed by atoms with Gasteiger partial charge in [0.25, 0.3) is 5.91 Å². The summed E-state index contributed by atoms with van der Waals surface area (Å²) >= 11 is 11.8. The molecular weight excluding hydrogens is 283 g/mol. The number of rotatable bonds is 2. The first-order valence-corrected chi connectivity index (χ1v) is 6.89. The van der Waals surface area contributed by atoms with E-state index < -0.39 is 0 Å². The summed E-state index contributed by atoms with van der Waals surface area (Å²) < 4.78 is 0. The molecule has 0 unspecified atom stereocenters. The van der Waals surface area contributed by atoms with Gasteiger partial charge in [-0.3, -0.25) is 4.79 Å². The standard InChI is InChI=1S/C14H12Cl2N2O/c15-9-4-5-12(16)11(7-9)14(19)18-17-13-6-8-2-1-3-10(8)13/h1-2,4-5,7-8,10H,3,6H2,(H,18,19)/b17-13-/t8-,10-/m1/s1. The van der Waals surface area contributed by atoms with Crippen molar-refractivity contribution in [2.24, 2.45) is 16.9 Å². The zero-order valence-corrected chi connectivity index (χ0v) is 11.6. The number of halogens is 2. The number of amides is 1. The molecule has 0 aliphatic heterocycles. The molecule has 1 amide bonds. The van der Waals surface area contributed by atoms with Crippen molar-refractivity contribution in [3.63, 3.8) is 0 Å². The Morgan fingerprint density at radius 3 is 3.00 bits per heavy atom. The fraction of sp³-hybridized carbons (Fsp3) is 0.286. The molecule has 0 saturated heterocycles. The second-order valence-corrected chi connectivity index (χ2v) is 5.65. The fourth-order valence-corrected chi connectivity index (χ4v) is 2.89. The highest BCUT2D eigenvalue weighted by Crippen LogP contribution is 2.40. The summed E-state index contributed by atoms with van der Waals surface area (Å²) in [4.78, 5) is 12.0. The Balaban J connectivity index is 1.69. The zero-order valence-electron chi connectivity index (χ0n) is 10.1. The lowest BCUT2D eigenvalue weighted by Gasteiger charge is -2.31. The molecule has 1 N–H and O–H groups in total. The van der Waals surface area contributed by atoms with E-state index in [-0.39, 0.29) is 5.91 Å². The van der Waals surface area contributed by atoms with Crippen molar-refractivity contribution in [1.29, 1.82) is 0 Å². The average Bonchev–Trinajstić information content (AvgIpc) is 2.74. The van der Waals surface area contributed by atoms with Crippen LogP contribution in [0.2, 0.25) is 10.0 Å². The number of nitrogens with zero attached hydrogens (tertiary/aromatic N) is 1. The van der Waals surface area contributed by atoms with Crippen LogP contribution in [0.4, 0.5) is 0 Å². The molecule has 2 aliphatic carbocycles. The van der Waals surface area contributed by atoms with Gasteiger partial charge in [-0.15, -0.1) is 0 Å². The average molecular weight is 295 g/mol. The van der Waals surface area contributed by atoms with Gasteiger partial charge in [-0.2, -0.15) is 5.10 Å². The summed E-state index contributed by atoms with van der Waals surface area (Å²) in [6, 6.07) is 4.79. The molecule has 3 rings (SSSR count). The third kappa shape index (κ3) is 2.40. The van der Waals surface area contributed by atoms with Crippen LogP contribution in [0.15, 0.2) is 35.5 Å². The Hall–Kier alpha value is -1.32. The Bertz CT molecular complexity index is 595. The number of hydrogen-bond acceptors (Lipinski definition) is 2. The molecule has 1 saturated carbocycles. The van der Waals surface area contributed by atoms with Crippen molar-refractivity contribution < 1.29 is 4.79 Å². The smallest absolute Gasteiger partial charge is 0.267 e. The highest BCUT2D eigenvalue weighted by atomic mass is 35.5. The number of carbonyl (C=O) groups is 1. The fourth-order valence-electron chi connectivity index (χ4n) is 2.52. The van der Waals surface area contributed by atoms with Gasteiger partial charge in [0.2, 0.25) is 0 Å². The highest BCUT2D eigenvalue weighted by Gasteiger charge is 2.38. The number of hydrogen-bond donors (Lipinski definition) is 1. The molecule has 0 bridgehead atoms. The summed E-state index contributed by atoms with van der Waals surface area (Å²) in [6.07, 6.45) is 6.36. The summed E-state index contributed by atoms with van der Waals surface area (Å²) in [5, 5.41) is 5.04. The molecule has 2 aliphatic rings. The first-order valence-electron chi connectivity index (χ1n) is 6.13. The molecule has 2 atom stereocenters. The third-order valence-corrected chi connectivity index (χ3v) is 4.20. The van der Waals surface area contributed by atoms with Gasteiger partial charge in [0.05, 0.1) is 10.6 Å². The SMILES string of the molecule is O=C(N/N=C1/C[C@H]2C=CC[C@@H]12)c1cc(Cl)ccc1Cl. The van der Waals surface area contributed by atoms with Crippen LogP contribution >= 0.6 is 23.2 Å². The number of benzene rings is 1. The van der Waals surface area contributed by atoms with E-state index in [9.17, 15) is 4.79 Å². The minimum atomic E-state index is -0.325.